The molecule has 0 unspecified atom stereocenters. The zero-order chi connectivity index (χ0) is 13.0. The van der Waals surface area contributed by atoms with Crippen molar-refractivity contribution in [3.8, 4) is 0 Å². The molecular formula is C13H20N4O. The maximum atomic E-state index is 11.5. The Morgan fingerprint density at radius 1 is 1.50 bits per heavy atom. The molecule has 0 saturated heterocycles. The van der Waals surface area contributed by atoms with Crippen LogP contribution in [0.5, 0.6) is 0 Å². The molecule has 4 N–H and O–H groups in total. The van der Waals surface area contributed by atoms with Gasteiger partial charge in [0.15, 0.2) is 0 Å². The molecule has 1 amide bonds. The number of carbonyl (C=O) groups is 1. The number of carbonyl (C=O) groups excluding carboxylic acids is 1. The summed E-state index contributed by atoms with van der Waals surface area (Å²) >= 11 is 0. The lowest BCUT2D eigenvalue weighted by molar-refractivity contribution is 0.1000. The van der Waals surface area contributed by atoms with Crippen LogP contribution in [0.4, 0.5) is 5.82 Å². The minimum atomic E-state index is -0.421. The lowest BCUT2D eigenvalue weighted by Gasteiger charge is -2.39. The van der Waals surface area contributed by atoms with Gasteiger partial charge in [-0.1, -0.05) is 0 Å². The molecule has 0 bridgehead atoms. The molecule has 1 aromatic rings. The average molecular weight is 248 g/mol. The third-order valence-corrected chi connectivity index (χ3v) is 3.44. The first-order valence-electron chi connectivity index (χ1n) is 6.45. The Morgan fingerprint density at radius 2 is 2.28 bits per heavy atom. The SMILES string of the molecule is NCCCN(c1ncccc1C(N)=O)C1CCC1. The maximum absolute atomic E-state index is 11.5. The number of primary amides is 1. The van der Waals surface area contributed by atoms with E-state index in [9.17, 15) is 4.79 Å². The van der Waals surface area contributed by atoms with Crippen LogP contribution in [-0.2, 0) is 0 Å². The van der Waals surface area contributed by atoms with Crippen molar-refractivity contribution in [2.45, 2.75) is 31.7 Å². The van der Waals surface area contributed by atoms with Crippen LogP contribution in [0.1, 0.15) is 36.0 Å². The zero-order valence-corrected chi connectivity index (χ0v) is 10.5. The second-order valence-corrected chi connectivity index (χ2v) is 4.66. The van der Waals surface area contributed by atoms with Crippen molar-refractivity contribution < 1.29 is 4.79 Å². The van der Waals surface area contributed by atoms with Crippen molar-refractivity contribution in [1.29, 1.82) is 0 Å². The quantitative estimate of drug-likeness (QED) is 0.783. The highest BCUT2D eigenvalue weighted by atomic mass is 16.1. The Morgan fingerprint density at radius 3 is 2.83 bits per heavy atom. The van der Waals surface area contributed by atoms with Crippen molar-refractivity contribution in [3.05, 3.63) is 23.9 Å². The van der Waals surface area contributed by atoms with Crippen LogP contribution >= 0.6 is 0 Å². The molecule has 98 valence electrons. The first-order chi connectivity index (χ1) is 8.74. The molecule has 0 radical (unpaired) electrons. The summed E-state index contributed by atoms with van der Waals surface area (Å²) in [5, 5.41) is 0. The largest absolute Gasteiger partial charge is 0.365 e. The fraction of sp³-hybridized carbons (Fsp3) is 0.538. The topological polar surface area (TPSA) is 85.2 Å². The van der Waals surface area contributed by atoms with E-state index in [1.165, 1.54) is 6.42 Å². The molecule has 18 heavy (non-hydrogen) atoms. The third kappa shape index (κ3) is 2.61. The Bertz CT molecular complexity index is 417. The summed E-state index contributed by atoms with van der Waals surface area (Å²) in [6.07, 6.45) is 6.14. The van der Waals surface area contributed by atoms with Crippen LogP contribution in [0.15, 0.2) is 18.3 Å². The number of amides is 1. The molecule has 1 fully saturated rings. The van der Waals surface area contributed by atoms with Crippen molar-refractivity contribution in [3.63, 3.8) is 0 Å². The van der Waals surface area contributed by atoms with Gasteiger partial charge < -0.3 is 16.4 Å². The first-order valence-corrected chi connectivity index (χ1v) is 6.45. The normalized spacial score (nSPS) is 15.2. The summed E-state index contributed by atoms with van der Waals surface area (Å²) in [5.74, 6) is 0.290. The van der Waals surface area contributed by atoms with Crippen molar-refractivity contribution >= 4 is 11.7 Å². The molecule has 0 aromatic carbocycles. The van der Waals surface area contributed by atoms with Crippen LogP contribution in [0.3, 0.4) is 0 Å². The predicted molar refractivity (Wildman–Crippen MR) is 71.4 cm³/mol. The van der Waals surface area contributed by atoms with E-state index in [1.54, 1.807) is 18.3 Å². The number of nitrogens with zero attached hydrogens (tertiary/aromatic N) is 2. The van der Waals surface area contributed by atoms with E-state index in [4.69, 9.17) is 11.5 Å². The molecule has 0 atom stereocenters. The summed E-state index contributed by atoms with van der Waals surface area (Å²) in [4.78, 5) is 18.0. The van der Waals surface area contributed by atoms with Gasteiger partial charge in [-0.3, -0.25) is 4.79 Å². The van der Waals surface area contributed by atoms with Gasteiger partial charge in [0.25, 0.3) is 5.91 Å². The van der Waals surface area contributed by atoms with Crippen molar-refractivity contribution in [2.75, 3.05) is 18.0 Å². The molecular weight excluding hydrogens is 228 g/mol. The van der Waals surface area contributed by atoms with Crippen LogP contribution < -0.4 is 16.4 Å². The Balaban J connectivity index is 2.25. The van der Waals surface area contributed by atoms with E-state index in [0.717, 1.165) is 25.8 Å². The molecule has 1 saturated carbocycles. The molecule has 1 aliphatic rings. The average Bonchev–Trinajstić information content (AvgIpc) is 2.32. The summed E-state index contributed by atoms with van der Waals surface area (Å²) in [6, 6.07) is 3.95. The van der Waals surface area contributed by atoms with E-state index in [0.29, 0.717) is 24.0 Å². The Labute approximate surface area is 107 Å². The standard InChI is InChI=1S/C13H20N4O/c14-7-3-9-17(10-4-1-5-10)13-11(12(15)18)6-2-8-16-13/h2,6,8,10H,1,3-5,7,9,14H2,(H2,15,18). The highest BCUT2D eigenvalue weighted by molar-refractivity contribution is 5.97. The lowest BCUT2D eigenvalue weighted by Crippen LogP contribution is -2.43. The smallest absolute Gasteiger partial charge is 0.252 e. The van der Waals surface area contributed by atoms with Crippen molar-refractivity contribution in [2.24, 2.45) is 11.5 Å². The van der Waals surface area contributed by atoms with E-state index in [-0.39, 0.29) is 0 Å². The molecule has 2 rings (SSSR count). The number of aromatic nitrogens is 1. The van der Waals surface area contributed by atoms with Crippen molar-refractivity contribution in [1.82, 2.24) is 4.98 Å². The molecule has 0 aliphatic heterocycles. The molecule has 5 nitrogen and oxygen atoms in total. The second kappa shape index (κ2) is 5.82. The van der Waals surface area contributed by atoms with E-state index >= 15 is 0 Å². The summed E-state index contributed by atoms with van der Waals surface area (Å²) in [7, 11) is 0. The summed E-state index contributed by atoms with van der Waals surface area (Å²) in [6.45, 7) is 1.47. The number of nitrogens with two attached hydrogens (primary N) is 2. The Hall–Kier alpha value is -1.62. The molecule has 0 spiro atoms. The summed E-state index contributed by atoms with van der Waals surface area (Å²) < 4.78 is 0. The van der Waals surface area contributed by atoms with Crippen LogP contribution in [0.25, 0.3) is 0 Å². The van der Waals surface area contributed by atoms with E-state index < -0.39 is 5.91 Å². The predicted octanol–water partition coefficient (Wildman–Crippen LogP) is 0.888. The molecule has 1 aliphatic carbocycles. The number of hydrogen-bond acceptors (Lipinski definition) is 4. The van der Waals surface area contributed by atoms with Crippen LogP contribution in [0.2, 0.25) is 0 Å². The van der Waals surface area contributed by atoms with Gasteiger partial charge in [0.05, 0.1) is 5.56 Å². The Kier molecular flexibility index (Phi) is 4.15. The van der Waals surface area contributed by atoms with Crippen LogP contribution in [-0.4, -0.2) is 30.0 Å². The minimum absolute atomic E-state index is 0.421. The van der Waals surface area contributed by atoms with Crippen LogP contribution in [0, 0.1) is 0 Å². The summed E-state index contributed by atoms with van der Waals surface area (Å²) in [5.41, 5.74) is 11.5. The monoisotopic (exact) mass is 248 g/mol. The third-order valence-electron chi connectivity index (χ3n) is 3.44. The van der Waals surface area contributed by atoms with Gasteiger partial charge in [0.2, 0.25) is 0 Å². The number of anilines is 1. The molecule has 5 heteroatoms. The van der Waals surface area contributed by atoms with Gasteiger partial charge >= 0.3 is 0 Å². The fourth-order valence-electron chi connectivity index (χ4n) is 2.24. The van der Waals surface area contributed by atoms with E-state index in [2.05, 4.69) is 9.88 Å². The number of rotatable bonds is 6. The molecule has 1 heterocycles. The first kappa shape index (κ1) is 12.8. The number of pyridine rings is 1. The number of hydrogen-bond donors (Lipinski definition) is 2. The highest BCUT2D eigenvalue weighted by Gasteiger charge is 2.27. The minimum Gasteiger partial charge on any atom is -0.365 e. The molecule has 1 aromatic heterocycles. The second-order valence-electron chi connectivity index (χ2n) is 4.66. The van der Waals surface area contributed by atoms with E-state index in [1.807, 2.05) is 0 Å². The highest BCUT2D eigenvalue weighted by Crippen LogP contribution is 2.30. The lowest BCUT2D eigenvalue weighted by atomic mass is 9.91. The zero-order valence-electron chi connectivity index (χ0n) is 10.5. The maximum Gasteiger partial charge on any atom is 0.252 e. The van der Waals surface area contributed by atoms with Gasteiger partial charge in [0, 0.05) is 18.8 Å². The van der Waals surface area contributed by atoms with Gasteiger partial charge in [-0.15, -0.1) is 0 Å². The van der Waals surface area contributed by atoms with Gasteiger partial charge in [-0.2, -0.15) is 0 Å². The fourth-order valence-corrected chi connectivity index (χ4v) is 2.24. The van der Waals surface area contributed by atoms with Gasteiger partial charge in [0.1, 0.15) is 5.82 Å². The van der Waals surface area contributed by atoms with Gasteiger partial charge in [-0.05, 0) is 44.4 Å². The van der Waals surface area contributed by atoms with Gasteiger partial charge in [-0.25, -0.2) is 4.98 Å².